The Balaban J connectivity index is 0.636. The van der Waals surface area contributed by atoms with E-state index in [9.17, 15) is 0 Å². The van der Waals surface area contributed by atoms with Crippen molar-refractivity contribution in [3.8, 4) is 123 Å². The second-order valence-corrected chi connectivity index (χ2v) is 37.8. The molecule has 0 bridgehead atoms. The lowest BCUT2D eigenvalue weighted by atomic mass is 9.80. The lowest BCUT2D eigenvalue weighted by molar-refractivity contribution is 0.659. The molecule has 5 aromatic heterocycles. The molecule has 0 saturated heterocycles. The normalized spacial score (nSPS) is 14.5. The quantitative estimate of drug-likeness (QED) is 0.0961. The topological polar surface area (TPSA) is 48.5 Å². The highest BCUT2D eigenvalue weighted by Crippen LogP contribution is 2.58. The van der Waals surface area contributed by atoms with Gasteiger partial charge in [0.05, 0.1) is 39.1 Å². The van der Waals surface area contributed by atoms with E-state index in [4.69, 9.17) is 15.0 Å². The van der Waals surface area contributed by atoms with Crippen LogP contribution in [-0.2, 0) is 16.2 Å². The van der Waals surface area contributed by atoms with Crippen LogP contribution in [0.15, 0.2) is 401 Å². The molecule has 0 fully saturated rings. The largest absolute Gasteiger partial charge is 0.309 e. The number of fused-ring (bicyclic) bond motifs is 18. The van der Waals surface area contributed by atoms with Gasteiger partial charge in [-0.1, -0.05) is 321 Å². The fourth-order valence-electron chi connectivity index (χ4n) is 22.6. The van der Waals surface area contributed by atoms with Gasteiger partial charge in [0.15, 0.2) is 0 Å². The molecule has 4 aliphatic carbocycles. The average molecular weight is 1690 g/mol. The van der Waals surface area contributed by atoms with Crippen molar-refractivity contribution in [2.45, 2.75) is 63.7 Å². The molecule has 0 amide bonds. The van der Waals surface area contributed by atoms with Crippen LogP contribution in [0.4, 0.5) is 0 Å². The first-order chi connectivity index (χ1) is 64.7. The van der Waals surface area contributed by atoms with Crippen LogP contribution in [0.25, 0.3) is 203 Å². The maximum Gasteiger partial charge on any atom is 0.0702 e. The Kier molecular flexibility index (Phi) is 18.0. The van der Waals surface area contributed by atoms with E-state index in [1.165, 1.54) is 138 Å². The van der Waals surface area contributed by atoms with Crippen molar-refractivity contribution in [2.24, 2.45) is 0 Å². The maximum atomic E-state index is 4.94. The summed E-state index contributed by atoms with van der Waals surface area (Å²) in [4.78, 5) is 14.8. The number of hydrogen-bond acceptors (Lipinski definition) is 3. The van der Waals surface area contributed by atoms with Gasteiger partial charge in [-0.25, -0.2) is 0 Å². The summed E-state index contributed by atoms with van der Waals surface area (Å²) >= 11 is 0. The Morgan fingerprint density at radius 3 is 1.02 bits per heavy atom. The average Bonchev–Trinajstić information content (AvgIpc) is 1.56. The Morgan fingerprint density at radius 2 is 0.591 bits per heavy atom. The number of benzene rings is 16. The third kappa shape index (κ3) is 12.7. The molecule has 0 N–H and O–H groups in total. The van der Waals surface area contributed by atoms with Gasteiger partial charge < -0.3 is 9.13 Å². The highest BCUT2D eigenvalue weighted by atomic mass is 15.0. The molecule has 0 aliphatic heterocycles. The van der Waals surface area contributed by atoms with Crippen LogP contribution in [0.3, 0.4) is 0 Å². The summed E-state index contributed by atoms with van der Waals surface area (Å²) in [6.07, 6.45) is 19.5. The molecule has 4 aliphatic rings. The zero-order valence-electron chi connectivity index (χ0n) is 74.4. The number of para-hydroxylation sites is 2. The third-order valence-corrected chi connectivity index (χ3v) is 29.1. The van der Waals surface area contributed by atoms with E-state index in [0.29, 0.717) is 0 Å². The Labute approximate surface area is 769 Å². The van der Waals surface area contributed by atoms with Crippen molar-refractivity contribution in [1.82, 2.24) is 24.1 Å². The van der Waals surface area contributed by atoms with E-state index in [2.05, 4.69) is 451 Å². The van der Waals surface area contributed by atoms with Crippen LogP contribution in [0.2, 0.25) is 0 Å². The first-order valence-corrected chi connectivity index (χ1v) is 46.1. The number of nitrogens with zero attached hydrogens (tertiary/aromatic N) is 5. The summed E-state index contributed by atoms with van der Waals surface area (Å²) in [7, 11) is 0. The summed E-state index contributed by atoms with van der Waals surface area (Å²) in [6, 6.07) is 142. The predicted octanol–water partition coefficient (Wildman–Crippen LogP) is 32.7. The van der Waals surface area contributed by atoms with Gasteiger partial charge in [0, 0.05) is 90.4 Å². The van der Waals surface area contributed by atoms with Crippen LogP contribution in [0.1, 0.15) is 131 Å². The van der Waals surface area contributed by atoms with Gasteiger partial charge in [-0.15, -0.1) is 0 Å². The van der Waals surface area contributed by atoms with Crippen molar-refractivity contribution < 1.29 is 0 Å². The zero-order chi connectivity index (χ0) is 88.2. The summed E-state index contributed by atoms with van der Waals surface area (Å²) in [5.41, 5.74) is 48.1. The molecule has 0 spiro atoms. The summed E-state index contributed by atoms with van der Waals surface area (Å²) in [5.74, 6) is 0.0284. The monoisotopic (exact) mass is 1690 g/mol. The second-order valence-electron chi connectivity index (χ2n) is 37.8. The first kappa shape index (κ1) is 78.1. The number of rotatable bonds is 15. The summed E-state index contributed by atoms with van der Waals surface area (Å²) in [6.45, 7) is 14.3. The SMILES string of the molecule is CC1(C)c2ccccc2-c2cc3c(cc21)C(c1cccc(-c2cc(-c4ccccn4)ccc2/C=C\c2cc(C=Cc4ccc(-c5ccccn5)cc4-c4cccc(-n5c6ccccc6c6cc7c(cc65)C(C)(C)c5ccccc5-7)c4)cc(/C=C\c4ccc(-c5ccccn5)cc4-c4cccc(-n5c6ccccc6c6cc7c(cc65)C(C)(C)c5ccccc5-7)c4)c2)c1)c1ccccc1-3. The number of aromatic nitrogens is 5. The van der Waals surface area contributed by atoms with Crippen LogP contribution in [0, 0.1) is 0 Å². The molecule has 0 saturated carbocycles. The van der Waals surface area contributed by atoms with E-state index in [1.807, 2.05) is 36.8 Å². The molecule has 16 aromatic carbocycles. The third-order valence-electron chi connectivity index (χ3n) is 29.1. The van der Waals surface area contributed by atoms with Gasteiger partial charge in [0.25, 0.3) is 0 Å². The molecule has 5 nitrogen and oxygen atoms in total. The highest BCUT2D eigenvalue weighted by Gasteiger charge is 2.42. The number of pyridine rings is 3. The molecule has 1 atom stereocenters. The van der Waals surface area contributed by atoms with Crippen molar-refractivity contribution >= 4 is 80.1 Å². The molecule has 21 aromatic rings. The molecular formula is C127H91N5. The van der Waals surface area contributed by atoms with Crippen molar-refractivity contribution in [3.63, 3.8) is 0 Å². The molecule has 624 valence electrons. The zero-order valence-corrected chi connectivity index (χ0v) is 74.4. The minimum absolute atomic E-state index is 0.0284. The maximum absolute atomic E-state index is 4.94. The standard InChI is InChI=1S/C127H91N5/c1-125(2)111-41-14-9-35-95(111)105-73-104-94-34-7-8-40-100(94)124(110(104)76-114(105)125)91-31-25-28-85(67-91)101-70-88(117-44-19-22-61-128-117)58-55-82(101)52-49-79-64-80(50-53-83-56-59-89(118-45-20-23-62-129-118)71-102(83)86-29-26-32-92(68-86)131-120-47-17-12-38-98(120)108-74-106-96-36-10-15-42-112(96)126(3,4)115(106)77-122(108)131)66-81(65-79)51-54-84-57-60-90(119-46-21-24-63-130-119)72-103(84)87-30-27-33-93(69-87)132-121-48-18-13-39-99(121)109-75-107-97-37-11-16-43-113(97)127(5,6)116(107)78-123(109)132/h7-78,124H,1-6H3/b52-49-,53-50-,54-51?. The lowest BCUT2D eigenvalue weighted by Gasteiger charge is -2.23. The van der Waals surface area contributed by atoms with E-state index < -0.39 is 0 Å². The molecule has 132 heavy (non-hydrogen) atoms. The van der Waals surface area contributed by atoms with Crippen LogP contribution in [0.5, 0.6) is 0 Å². The minimum atomic E-state index is -0.172. The fraction of sp³-hybridized carbons (Fsp3) is 0.0787. The van der Waals surface area contributed by atoms with Gasteiger partial charge in [-0.05, 0) is 301 Å². The minimum Gasteiger partial charge on any atom is -0.309 e. The van der Waals surface area contributed by atoms with E-state index in [0.717, 1.165) is 112 Å². The van der Waals surface area contributed by atoms with Crippen LogP contribution < -0.4 is 0 Å². The van der Waals surface area contributed by atoms with Crippen LogP contribution in [-0.4, -0.2) is 24.1 Å². The number of hydrogen-bond donors (Lipinski definition) is 0. The summed E-state index contributed by atoms with van der Waals surface area (Å²) < 4.78 is 4.97. The first-order valence-electron chi connectivity index (χ1n) is 46.1. The van der Waals surface area contributed by atoms with Gasteiger partial charge in [0.2, 0.25) is 0 Å². The van der Waals surface area contributed by atoms with E-state index in [1.54, 1.807) is 0 Å². The second kappa shape index (κ2) is 30.5. The van der Waals surface area contributed by atoms with Gasteiger partial charge >= 0.3 is 0 Å². The predicted molar refractivity (Wildman–Crippen MR) is 553 cm³/mol. The summed E-state index contributed by atoms with van der Waals surface area (Å²) in [5, 5.41) is 4.95. The lowest BCUT2D eigenvalue weighted by Crippen LogP contribution is -2.15. The molecule has 1 unspecified atom stereocenters. The molecule has 0 radical (unpaired) electrons. The Hall–Kier alpha value is -16.2. The van der Waals surface area contributed by atoms with Gasteiger partial charge in [-0.2, -0.15) is 0 Å². The smallest absolute Gasteiger partial charge is 0.0702 e. The molecular weight excluding hydrogens is 1600 g/mol. The highest BCUT2D eigenvalue weighted by molar-refractivity contribution is 6.14. The van der Waals surface area contributed by atoms with Crippen LogP contribution >= 0.6 is 0 Å². The molecule has 5 heterocycles. The van der Waals surface area contributed by atoms with Gasteiger partial charge in [-0.3, -0.25) is 15.0 Å². The van der Waals surface area contributed by atoms with Crippen molar-refractivity contribution in [1.29, 1.82) is 0 Å². The van der Waals surface area contributed by atoms with E-state index in [-0.39, 0.29) is 22.2 Å². The van der Waals surface area contributed by atoms with Crippen molar-refractivity contribution in [2.75, 3.05) is 0 Å². The molecule has 25 rings (SSSR count). The van der Waals surface area contributed by atoms with Gasteiger partial charge in [0.1, 0.15) is 0 Å². The van der Waals surface area contributed by atoms with E-state index >= 15 is 0 Å². The Bertz CT molecular complexity index is 8130. The fourth-order valence-corrected chi connectivity index (χ4v) is 22.6. The molecule has 5 heteroatoms. The van der Waals surface area contributed by atoms with Crippen molar-refractivity contribution in [3.05, 3.63) is 484 Å². The Morgan fingerprint density at radius 1 is 0.220 bits per heavy atom.